The number of halogens is 3. The van der Waals surface area contributed by atoms with Gasteiger partial charge in [-0.3, -0.25) is 0 Å². The van der Waals surface area contributed by atoms with Gasteiger partial charge in [-0.15, -0.1) is 0 Å². The zero-order chi connectivity index (χ0) is 16.2. The van der Waals surface area contributed by atoms with Crippen molar-refractivity contribution in [3.05, 3.63) is 29.8 Å². The molecule has 3 rings (SSSR count). The first-order valence-electron chi connectivity index (χ1n) is 7.65. The van der Waals surface area contributed by atoms with E-state index in [1.54, 1.807) is 12.1 Å². The van der Waals surface area contributed by atoms with Crippen LogP contribution in [0.2, 0.25) is 4.47 Å². The third-order valence-electron chi connectivity index (χ3n) is 6.07. The fourth-order valence-electron chi connectivity index (χ4n) is 4.33. The van der Waals surface area contributed by atoms with Crippen LogP contribution < -0.4 is 3.61 Å². The minimum absolute atomic E-state index is 0.0113. The number of fused-ring (bicyclic) bond motifs is 2. The van der Waals surface area contributed by atoms with Crippen LogP contribution in [-0.4, -0.2) is 32.1 Å². The van der Waals surface area contributed by atoms with Crippen molar-refractivity contribution in [2.45, 2.75) is 49.9 Å². The molecule has 1 nitrogen and oxygen atoms in total. The average molecular weight is 426 g/mol. The van der Waals surface area contributed by atoms with Gasteiger partial charge in [0.1, 0.15) is 0 Å². The predicted octanol–water partition coefficient (Wildman–Crippen LogP) is 3.64. The number of rotatable bonds is 3. The molecule has 0 saturated heterocycles. The van der Waals surface area contributed by atoms with E-state index in [2.05, 4.69) is 13.8 Å². The van der Waals surface area contributed by atoms with Crippen molar-refractivity contribution in [3.63, 3.8) is 0 Å². The Hall–Kier alpha value is -0.240. The Kier molecular flexibility index (Phi) is 4.07. The van der Waals surface area contributed by atoms with Gasteiger partial charge in [-0.25, -0.2) is 0 Å². The predicted molar refractivity (Wildman–Crippen MR) is 81.2 cm³/mol. The quantitative estimate of drug-likeness (QED) is 0.733. The van der Waals surface area contributed by atoms with Gasteiger partial charge in [-0.2, -0.15) is 0 Å². The number of hydrogen-bond acceptors (Lipinski definition) is 1. The molecule has 0 radical (unpaired) electrons. The number of benzene rings is 1. The second-order valence-electron chi connectivity index (χ2n) is 7.18. The molecule has 5 heteroatoms. The summed E-state index contributed by atoms with van der Waals surface area (Å²) >= 11 is -0.580. The van der Waals surface area contributed by atoms with Crippen LogP contribution in [0.1, 0.15) is 38.7 Å². The van der Waals surface area contributed by atoms with Crippen LogP contribution in [0.5, 0.6) is 0 Å². The number of hydrogen-bond donors (Lipinski definition) is 1. The van der Waals surface area contributed by atoms with Crippen molar-refractivity contribution in [1.82, 2.24) is 0 Å². The summed E-state index contributed by atoms with van der Waals surface area (Å²) in [7, 11) is 0. The number of aliphatic hydroxyl groups excluding tert-OH is 1. The van der Waals surface area contributed by atoms with E-state index in [0.29, 0.717) is 5.92 Å². The Morgan fingerprint density at radius 1 is 1.23 bits per heavy atom. The Labute approximate surface area is 139 Å². The third kappa shape index (κ3) is 2.50. The fourth-order valence-corrected chi connectivity index (χ4v) is 8.50. The van der Waals surface area contributed by atoms with Crippen LogP contribution in [0.15, 0.2) is 24.3 Å². The molecule has 0 unspecified atom stereocenters. The fraction of sp³-hybridized carbons (Fsp3) is 0.647. The molecule has 22 heavy (non-hydrogen) atoms. The van der Waals surface area contributed by atoms with E-state index in [4.69, 9.17) is 0 Å². The first kappa shape index (κ1) is 16.6. The molecular weight excluding hydrogens is 405 g/mol. The summed E-state index contributed by atoms with van der Waals surface area (Å²) < 4.78 is 39.8. The summed E-state index contributed by atoms with van der Waals surface area (Å²) in [5.74, 6) is 0.600. The second-order valence-corrected chi connectivity index (χ2v) is 10.2. The molecule has 1 aromatic carbocycles. The van der Waals surface area contributed by atoms with Gasteiger partial charge in [0.15, 0.2) is 0 Å². The van der Waals surface area contributed by atoms with Gasteiger partial charge >= 0.3 is 139 Å². The first-order valence-corrected chi connectivity index (χ1v) is 10.5. The van der Waals surface area contributed by atoms with Crippen LogP contribution in [0, 0.1) is 16.7 Å². The molecule has 0 amide bonds. The molecule has 2 fully saturated rings. The SMILES string of the molecule is CC1(C)[C@@H]2CC[C@@]1(C[Te]c1ccc(C(F)(F)F)cc1)[C@H](O)C2. The van der Waals surface area contributed by atoms with Crippen LogP contribution in [0.4, 0.5) is 13.2 Å². The topological polar surface area (TPSA) is 20.2 Å². The Morgan fingerprint density at radius 2 is 1.86 bits per heavy atom. The van der Waals surface area contributed by atoms with E-state index in [1.807, 2.05) is 0 Å². The summed E-state index contributed by atoms with van der Waals surface area (Å²) in [6.07, 6.45) is -1.35. The molecule has 3 atom stereocenters. The molecule has 1 N–H and O–H groups in total. The summed E-state index contributed by atoms with van der Waals surface area (Å²) in [4.78, 5) is 0. The van der Waals surface area contributed by atoms with E-state index in [9.17, 15) is 18.3 Å². The molecule has 2 bridgehead atoms. The Bertz CT molecular complexity index is 552. The van der Waals surface area contributed by atoms with E-state index >= 15 is 0 Å². The van der Waals surface area contributed by atoms with Crippen molar-refractivity contribution in [2.75, 3.05) is 0 Å². The van der Waals surface area contributed by atoms with Gasteiger partial charge in [0.05, 0.1) is 0 Å². The average Bonchev–Trinajstić information content (AvgIpc) is 2.79. The Balaban J connectivity index is 1.73. The molecule has 0 aliphatic heterocycles. The van der Waals surface area contributed by atoms with Gasteiger partial charge in [-0.1, -0.05) is 0 Å². The molecule has 2 aliphatic rings. The van der Waals surface area contributed by atoms with E-state index in [0.717, 1.165) is 20.9 Å². The van der Waals surface area contributed by atoms with Crippen molar-refractivity contribution >= 4 is 24.5 Å². The van der Waals surface area contributed by atoms with Crippen LogP contribution in [0.3, 0.4) is 0 Å². The molecule has 0 spiro atoms. The maximum absolute atomic E-state index is 12.6. The van der Waals surface area contributed by atoms with Crippen LogP contribution in [-0.2, 0) is 6.18 Å². The zero-order valence-electron chi connectivity index (χ0n) is 12.8. The molecule has 2 aliphatic carbocycles. The summed E-state index contributed by atoms with van der Waals surface area (Å²) in [5.41, 5.74) is -0.435. The number of alkyl halides is 3. The van der Waals surface area contributed by atoms with Crippen molar-refractivity contribution in [3.8, 4) is 0 Å². The number of aliphatic hydroxyl groups is 1. The second kappa shape index (κ2) is 5.40. The normalized spacial score (nSPS) is 33.4. The van der Waals surface area contributed by atoms with Crippen molar-refractivity contribution in [2.24, 2.45) is 16.7 Å². The standard InChI is InChI=1S/C17H21F3OTe/c1-15(2)12-7-8-16(15,14(21)9-12)10-22-13-5-3-11(4-6-13)17(18,19)20/h3-6,12,14,21H,7-10H2,1-2H3/t12-,14-,16-/m1/s1. The monoisotopic (exact) mass is 428 g/mol. The molecule has 0 heterocycles. The molecule has 2 saturated carbocycles. The molecule has 122 valence electrons. The Morgan fingerprint density at radius 3 is 2.32 bits per heavy atom. The van der Waals surface area contributed by atoms with E-state index in [1.165, 1.54) is 18.6 Å². The molecular formula is C17H21F3OTe. The third-order valence-corrected chi connectivity index (χ3v) is 9.68. The van der Waals surface area contributed by atoms with Gasteiger partial charge in [-0.05, 0) is 0 Å². The van der Waals surface area contributed by atoms with Gasteiger partial charge in [0, 0.05) is 0 Å². The maximum atomic E-state index is 12.6. The summed E-state index contributed by atoms with van der Waals surface area (Å²) in [6, 6.07) is 5.63. The van der Waals surface area contributed by atoms with Gasteiger partial charge in [0.25, 0.3) is 0 Å². The molecule has 0 aromatic heterocycles. The van der Waals surface area contributed by atoms with Gasteiger partial charge in [0.2, 0.25) is 0 Å². The first-order chi connectivity index (χ1) is 10.2. The van der Waals surface area contributed by atoms with Crippen molar-refractivity contribution < 1.29 is 18.3 Å². The zero-order valence-corrected chi connectivity index (χ0v) is 15.1. The van der Waals surface area contributed by atoms with Gasteiger partial charge < -0.3 is 0 Å². The van der Waals surface area contributed by atoms with Crippen LogP contribution in [0.25, 0.3) is 0 Å². The van der Waals surface area contributed by atoms with E-state index in [-0.39, 0.29) is 16.9 Å². The van der Waals surface area contributed by atoms with Crippen LogP contribution >= 0.6 is 0 Å². The summed E-state index contributed by atoms with van der Waals surface area (Å²) in [6.45, 7) is 4.53. The van der Waals surface area contributed by atoms with E-state index < -0.39 is 32.7 Å². The van der Waals surface area contributed by atoms with Crippen molar-refractivity contribution in [1.29, 1.82) is 0 Å². The summed E-state index contributed by atoms with van der Waals surface area (Å²) in [5, 5.41) is 10.5. The molecule has 1 aromatic rings. The minimum atomic E-state index is -4.26.